The predicted octanol–water partition coefficient (Wildman–Crippen LogP) is 26.1. The largest absolute Gasteiger partial charge is 0.416 e. The van der Waals surface area contributed by atoms with Crippen molar-refractivity contribution in [2.45, 2.75) is 6.18 Å². The molecule has 16 aromatic carbocycles. The monoisotopic (exact) mass is 1440 g/mol. The fourth-order valence-corrected chi connectivity index (χ4v) is 18.0. The number of aromatic nitrogens is 9. The number of fused-ring (bicyclic) bond motifs is 18. The Morgan fingerprint density at radius 1 is 0.188 bits per heavy atom. The Balaban J connectivity index is 0.832. The van der Waals surface area contributed by atoms with Crippen molar-refractivity contribution in [2.75, 3.05) is 0 Å². The van der Waals surface area contributed by atoms with Crippen LogP contribution >= 0.6 is 0 Å². The number of halogens is 3. The van der Waals surface area contributed by atoms with E-state index in [1.807, 2.05) is 66.7 Å². The van der Waals surface area contributed by atoms with Gasteiger partial charge in [0.25, 0.3) is 0 Å². The summed E-state index contributed by atoms with van der Waals surface area (Å²) >= 11 is 0. The highest BCUT2D eigenvalue weighted by Gasteiger charge is 2.33. The minimum absolute atomic E-state index is 0.332. The van der Waals surface area contributed by atoms with E-state index in [9.17, 15) is 0 Å². The quantitative estimate of drug-likeness (QED) is 0.137. The number of benzene rings is 16. The van der Waals surface area contributed by atoms with Crippen LogP contribution < -0.4 is 0 Å². The molecule has 0 N–H and O–H groups in total. The average Bonchev–Trinajstić information content (AvgIpc) is 1.55. The summed E-state index contributed by atoms with van der Waals surface area (Å²) in [6.07, 6.45) is -4.74. The summed E-state index contributed by atoms with van der Waals surface area (Å²) in [4.78, 5) is 15.8. The van der Waals surface area contributed by atoms with Gasteiger partial charge in [0.15, 0.2) is 17.5 Å². The minimum atomic E-state index is -4.74. The van der Waals surface area contributed by atoms with E-state index in [4.69, 9.17) is 15.0 Å². The molecule has 12 heteroatoms. The van der Waals surface area contributed by atoms with Gasteiger partial charge in [0.2, 0.25) is 0 Å². The molecule has 0 saturated carbocycles. The smallest absolute Gasteiger partial charge is 0.309 e. The Hall–Kier alpha value is -14.9. The Morgan fingerprint density at radius 2 is 0.429 bits per heavy atom. The maximum absolute atomic E-state index is 16.3. The third-order valence-corrected chi connectivity index (χ3v) is 22.9. The molecule has 112 heavy (non-hydrogen) atoms. The number of alkyl halides is 3. The molecule has 0 saturated heterocycles. The first kappa shape index (κ1) is 63.2. The normalized spacial score (nSPS) is 12.2. The van der Waals surface area contributed by atoms with Gasteiger partial charge in [-0.2, -0.15) is 13.2 Å². The Labute approximate surface area is 637 Å². The maximum Gasteiger partial charge on any atom is 0.416 e. The SMILES string of the molecule is FC(F)(F)c1ccc(-c2ccc(-c3nc(-c4ccccc4)nc(-c4ccccc4)n3)cc2-n2c3ccc(-n4c5ccccc5c5ccccc54)cc3c3cc(-n4c5ccccc5c5ccccc54)ccc32)c(-n2c3ccc(-n4c5ccccc5c5ccccc54)cc3c3cc(-n4c5ccccc5c5ccccc54)ccc32)c1. The molecule has 23 aromatic rings. The fraction of sp³-hybridized carbons (Fsp3) is 0.0100. The third-order valence-electron chi connectivity index (χ3n) is 22.9. The Morgan fingerprint density at radius 3 is 0.714 bits per heavy atom. The first-order chi connectivity index (χ1) is 55.2. The van der Waals surface area contributed by atoms with Crippen molar-refractivity contribution in [2.24, 2.45) is 0 Å². The van der Waals surface area contributed by atoms with E-state index in [1.165, 1.54) is 12.1 Å². The molecule has 0 fully saturated rings. The highest BCUT2D eigenvalue weighted by atomic mass is 19.4. The predicted molar refractivity (Wildman–Crippen MR) is 453 cm³/mol. The van der Waals surface area contributed by atoms with E-state index >= 15 is 13.2 Å². The minimum Gasteiger partial charge on any atom is -0.309 e. The molecular weight excluding hydrogens is 1380 g/mol. The lowest BCUT2D eigenvalue weighted by molar-refractivity contribution is -0.137. The number of hydrogen-bond donors (Lipinski definition) is 0. The summed E-state index contributed by atoms with van der Waals surface area (Å²) < 4.78 is 62.5. The zero-order valence-corrected chi connectivity index (χ0v) is 59.8. The van der Waals surface area contributed by atoms with Crippen molar-refractivity contribution in [1.82, 2.24) is 42.4 Å². The van der Waals surface area contributed by atoms with Gasteiger partial charge >= 0.3 is 6.18 Å². The van der Waals surface area contributed by atoms with Crippen molar-refractivity contribution in [1.29, 1.82) is 0 Å². The summed E-state index contributed by atoms with van der Waals surface area (Å²) in [5, 5.41) is 12.7. The Kier molecular flexibility index (Phi) is 13.7. The van der Waals surface area contributed by atoms with Crippen LogP contribution in [0.5, 0.6) is 0 Å². The number of hydrogen-bond acceptors (Lipinski definition) is 3. The van der Waals surface area contributed by atoms with Crippen LogP contribution in [0.1, 0.15) is 5.56 Å². The standard InChI is InChI=1S/C100H60F3N9/c101-100(102,103)64-44-50-78(96(56-64)112-93-53-47-67(109-87-39-19-11-31-73(87)74-32-12-20-40-88(74)109)59-81(93)82-60-68(48-54-94(82)112)110-89-41-21-13-33-75(89)76-34-14-22-42-90(76)110)77-49-43-63(99-105-97(61-23-3-1-4-24-61)104-98(106-99)62-25-5-2-6-26-62)55-95(77)111-91-51-45-65(107-83-35-15-7-27-69(83)70-28-8-16-36-84(70)107)57-79(91)80-58-66(46-52-92(80)111)108-85-37-17-9-29-71(85)72-30-10-18-38-86(72)108/h1-60H. The lowest BCUT2D eigenvalue weighted by Gasteiger charge is -2.21. The van der Waals surface area contributed by atoms with E-state index in [2.05, 4.69) is 306 Å². The van der Waals surface area contributed by atoms with Gasteiger partial charge in [-0.3, -0.25) is 0 Å². The van der Waals surface area contributed by atoms with Gasteiger partial charge in [0.1, 0.15) is 0 Å². The molecule has 0 amide bonds. The Bertz CT molecular complexity index is 7270. The lowest BCUT2D eigenvalue weighted by Crippen LogP contribution is -2.08. The third kappa shape index (κ3) is 9.54. The zero-order valence-electron chi connectivity index (χ0n) is 59.8. The first-order valence-electron chi connectivity index (χ1n) is 37.6. The van der Waals surface area contributed by atoms with Crippen LogP contribution in [0.15, 0.2) is 364 Å². The van der Waals surface area contributed by atoms with Gasteiger partial charge in [-0.25, -0.2) is 15.0 Å². The average molecular weight is 1440 g/mol. The second kappa shape index (κ2) is 24.3. The molecule has 23 rings (SSSR count). The number of rotatable bonds is 10. The van der Waals surface area contributed by atoms with Crippen LogP contribution in [0, 0.1) is 0 Å². The molecule has 0 atom stereocenters. The van der Waals surface area contributed by atoms with Gasteiger partial charge in [0, 0.05) is 115 Å². The van der Waals surface area contributed by atoms with Crippen molar-refractivity contribution < 1.29 is 13.2 Å². The highest BCUT2D eigenvalue weighted by molar-refractivity contribution is 6.17. The van der Waals surface area contributed by atoms with E-state index in [1.54, 1.807) is 6.07 Å². The second-order valence-corrected chi connectivity index (χ2v) is 29.0. The summed E-state index contributed by atoms with van der Waals surface area (Å²) in [6, 6.07) is 125. The van der Waals surface area contributed by atoms with Crippen LogP contribution in [-0.4, -0.2) is 42.4 Å². The molecule has 0 spiro atoms. The molecule has 0 aliphatic rings. The van der Waals surface area contributed by atoms with Gasteiger partial charge < -0.3 is 27.4 Å². The first-order valence-corrected chi connectivity index (χ1v) is 37.6. The van der Waals surface area contributed by atoms with Crippen molar-refractivity contribution >= 4 is 131 Å². The molecule has 9 nitrogen and oxygen atoms in total. The zero-order chi connectivity index (χ0) is 74.0. The molecule has 7 heterocycles. The number of nitrogens with zero attached hydrogens (tertiary/aromatic N) is 9. The van der Waals surface area contributed by atoms with Gasteiger partial charge in [-0.15, -0.1) is 0 Å². The van der Waals surface area contributed by atoms with Gasteiger partial charge in [-0.05, 0) is 140 Å². The van der Waals surface area contributed by atoms with Crippen LogP contribution in [-0.2, 0) is 6.18 Å². The summed E-state index contributed by atoms with van der Waals surface area (Å²) in [5.74, 6) is 1.39. The van der Waals surface area contributed by atoms with Crippen LogP contribution in [0.3, 0.4) is 0 Å². The summed E-state index contributed by atoms with van der Waals surface area (Å²) in [7, 11) is 0. The summed E-state index contributed by atoms with van der Waals surface area (Å²) in [5.41, 5.74) is 19.1. The molecule has 0 bridgehead atoms. The van der Waals surface area contributed by atoms with Crippen LogP contribution in [0.25, 0.3) is 210 Å². The van der Waals surface area contributed by atoms with E-state index in [0.29, 0.717) is 45.5 Å². The molecule has 0 aliphatic carbocycles. The highest BCUT2D eigenvalue weighted by Crippen LogP contribution is 2.48. The van der Waals surface area contributed by atoms with Crippen molar-refractivity contribution in [3.63, 3.8) is 0 Å². The molecule has 526 valence electrons. The van der Waals surface area contributed by atoms with Crippen molar-refractivity contribution in [3.05, 3.63) is 370 Å². The topological polar surface area (TPSA) is 68.2 Å². The van der Waals surface area contributed by atoms with Crippen molar-refractivity contribution in [3.8, 4) is 79.4 Å². The van der Waals surface area contributed by atoms with E-state index in [0.717, 1.165) is 165 Å². The van der Waals surface area contributed by atoms with Gasteiger partial charge in [0.05, 0.1) is 83.1 Å². The molecule has 7 aromatic heterocycles. The van der Waals surface area contributed by atoms with Crippen LogP contribution in [0.2, 0.25) is 0 Å². The molecule has 0 unspecified atom stereocenters. The van der Waals surface area contributed by atoms with Gasteiger partial charge in [-0.1, -0.05) is 224 Å². The van der Waals surface area contributed by atoms with E-state index < -0.39 is 11.7 Å². The van der Waals surface area contributed by atoms with E-state index in [-0.39, 0.29) is 0 Å². The maximum atomic E-state index is 16.3. The molecule has 0 aliphatic heterocycles. The molecule has 0 radical (unpaired) electrons. The number of para-hydroxylation sites is 8. The molecular formula is C100H60F3N9. The second-order valence-electron chi connectivity index (χ2n) is 29.0. The summed E-state index contributed by atoms with van der Waals surface area (Å²) in [6.45, 7) is 0. The van der Waals surface area contributed by atoms with Crippen LogP contribution in [0.4, 0.5) is 13.2 Å². The lowest BCUT2D eigenvalue weighted by atomic mass is 9.97. The fourth-order valence-electron chi connectivity index (χ4n) is 18.0.